The second kappa shape index (κ2) is 10.8. The molecule has 1 aromatic heterocycles. The van der Waals surface area contributed by atoms with Crippen LogP contribution in [0.4, 0.5) is 0 Å². The Balaban J connectivity index is 1.30. The van der Waals surface area contributed by atoms with Crippen LogP contribution in [-0.4, -0.2) is 15.0 Å². The van der Waals surface area contributed by atoms with Crippen molar-refractivity contribution in [2.24, 2.45) is 0 Å². The molecule has 9 aromatic rings. The van der Waals surface area contributed by atoms with Gasteiger partial charge in [-0.3, -0.25) is 0 Å². The molecular formula is C43H27N3. The average molecular weight is 586 g/mol. The highest BCUT2D eigenvalue weighted by molar-refractivity contribution is 6.33. The lowest BCUT2D eigenvalue weighted by molar-refractivity contribution is 1.07. The zero-order valence-electron chi connectivity index (χ0n) is 24.9. The van der Waals surface area contributed by atoms with E-state index in [-0.39, 0.29) is 0 Å². The van der Waals surface area contributed by atoms with Gasteiger partial charge in [-0.2, -0.15) is 0 Å². The molecule has 0 amide bonds. The second-order valence-electron chi connectivity index (χ2n) is 11.6. The van der Waals surface area contributed by atoms with Crippen LogP contribution in [0.5, 0.6) is 0 Å². The minimum Gasteiger partial charge on any atom is -0.208 e. The van der Waals surface area contributed by atoms with E-state index in [4.69, 9.17) is 15.0 Å². The van der Waals surface area contributed by atoms with Crippen LogP contribution in [0.25, 0.3) is 88.4 Å². The van der Waals surface area contributed by atoms with Gasteiger partial charge in [-0.05, 0) is 66.3 Å². The summed E-state index contributed by atoms with van der Waals surface area (Å²) in [4.78, 5) is 14.9. The molecule has 0 aliphatic heterocycles. The predicted molar refractivity (Wildman–Crippen MR) is 192 cm³/mol. The first-order valence-corrected chi connectivity index (χ1v) is 15.5. The first-order valence-electron chi connectivity index (χ1n) is 15.5. The zero-order valence-corrected chi connectivity index (χ0v) is 24.9. The van der Waals surface area contributed by atoms with Gasteiger partial charge in [-0.25, -0.2) is 15.0 Å². The van der Waals surface area contributed by atoms with E-state index in [1.807, 2.05) is 60.7 Å². The van der Waals surface area contributed by atoms with Gasteiger partial charge in [-0.15, -0.1) is 0 Å². The van der Waals surface area contributed by atoms with Gasteiger partial charge in [-0.1, -0.05) is 152 Å². The summed E-state index contributed by atoms with van der Waals surface area (Å²) >= 11 is 0. The molecule has 0 radical (unpaired) electrons. The number of fused-ring (bicyclic) bond motifs is 8. The highest BCUT2D eigenvalue weighted by Crippen LogP contribution is 2.43. The summed E-state index contributed by atoms with van der Waals surface area (Å²) in [7, 11) is 0. The largest absolute Gasteiger partial charge is 0.208 e. The molecule has 0 fully saturated rings. The number of benzene rings is 8. The van der Waals surface area contributed by atoms with Crippen molar-refractivity contribution in [2.75, 3.05) is 0 Å². The SMILES string of the molecule is c1ccc(-c2nc(-c3ccccc3)nc(-c3cccc(-c4cc5c6ccccc6c6ccccc6c5c5ccccc45)c3)n2)cc1. The third-order valence-electron chi connectivity index (χ3n) is 8.88. The smallest absolute Gasteiger partial charge is 0.164 e. The minimum atomic E-state index is 0.649. The molecule has 0 unspecified atom stereocenters. The van der Waals surface area contributed by atoms with Crippen LogP contribution < -0.4 is 0 Å². The molecule has 0 bridgehead atoms. The molecule has 46 heavy (non-hydrogen) atoms. The van der Waals surface area contributed by atoms with E-state index in [2.05, 4.69) is 103 Å². The Bertz CT molecular complexity index is 2520. The van der Waals surface area contributed by atoms with E-state index < -0.39 is 0 Å². The summed E-state index contributed by atoms with van der Waals surface area (Å²) in [5.41, 5.74) is 5.17. The Kier molecular flexibility index (Phi) is 6.14. The molecule has 8 aromatic carbocycles. The van der Waals surface area contributed by atoms with E-state index in [1.165, 1.54) is 48.7 Å². The Morgan fingerprint density at radius 3 is 1.24 bits per heavy atom. The van der Waals surface area contributed by atoms with Crippen molar-refractivity contribution in [2.45, 2.75) is 0 Å². The Morgan fingerprint density at radius 1 is 0.261 bits per heavy atom. The molecule has 0 N–H and O–H groups in total. The Labute approximate surface area is 266 Å². The van der Waals surface area contributed by atoms with Crippen LogP contribution in [0, 0.1) is 0 Å². The molecule has 0 aliphatic carbocycles. The summed E-state index contributed by atoms with van der Waals surface area (Å²) in [6, 6.07) is 57.5. The fraction of sp³-hybridized carbons (Fsp3) is 0. The zero-order chi connectivity index (χ0) is 30.5. The lowest BCUT2D eigenvalue weighted by Crippen LogP contribution is -2.00. The lowest BCUT2D eigenvalue weighted by atomic mass is 9.87. The summed E-state index contributed by atoms with van der Waals surface area (Å²) in [6.07, 6.45) is 0. The van der Waals surface area contributed by atoms with Crippen molar-refractivity contribution in [1.29, 1.82) is 0 Å². The molecule has 0 spiro atoms. The molecule has 3 nitrogen and oxygen atoms in total. The highest BCUT2D eigenvalue weighted by atomic mass is 15.0. The second-order valence-corrected chi connectivity index (χ2v) is 11.6. The maximum absolute atomic E-state index is 5.00. The van der Waals surface area contributed by atoms with E-state index in [1.54, 1.807) is 0 Å². The summed E-state index contributed by atoms with van der Waals surface area (Å²) < 4.78 is 0. The van der Waals surface area contributed by atoms with Crippen molar-refractivity contribution in [3.8, 4) is 45.3 Å². The first kappa shape index (κ1) is 26.2. The number of rotatable bonds is 4. The lowest BCUT2D eigenvalue weighted by Gasteiger charge is -2.16. The average Bonchev–Trinajstić information content (AvgIpc) is 3.15. The van der Waals surface area contributed by atoms with E-state index in [0.29, 0.717) is 17.5 Å². The maximum Gasteiger partial charge on any atom is 0.164 e. The van der Waals surface area contributed by atoms with Crippen LogP contribution in [-0.2, 0) is 0 Å². The van der Waals surface area contributed by atoms with E-state index >= 15 is 0 Å². The molecule has 9 rings (SSSR count). The van der Waals surface area contributed by atoms with Gasteiger partial charge in [0, 0.05) is 16.7 Å². The maximum atomic E-state index is 5.00. The van der Waals surface area contributed by atoms with E-state index in [0.717, 1.165) is 22.3 Å². The molecule has 3 heteroatoms. The molecule has 0 saturated heterocycles. The van der Waals surface area contributed by atoms with Crippen LogP contribution in [0.3, 0.4) is 0 Å². The van der Waals surface area contributed by atoms with Crippen molar-refractivity contribution in [3.63, 3.8) is 0 Å². The minimum absolute atomic E-state index is 0.649. The van der Waals surface area contributed by atoms with Crippen molar-refractivity contribution < 1.29 is 0 Å². The van der Waals surface area contributed by atoms with Gasteiger partial charge in [0.1, 0.15) is 0 Å². The summed E-state index contributed by atoms with van der Waals surface area (Å²) in [6.45, 7) is 0. The van der Waals surface area contributed by atoms with Gasteiger partial charge in [0.05, 0.1) is 0 Å². The van der Waals surface area contributed by atoms with Crippen molar-refractivity contribution in [1.82, 2.24) is 15.0 Å². The molecule has 0 aliphatic rings. The third-order valence-corrected chi connectivity index (χ3v) is 8.88. The van der Waals surface area contributed by atoms with Gasteiger partial charge in [0.15, 0.2) is 17.5 Å². The monoisotopic (exact) mass is 585 g/mol. The molecule has 0 saturated carbocycles. The topological polar surface area (TPSA) is 38.7 Å². The molecule has 214 valence electrons. The van der Waals surface area contributed by atoms with Crippen molar-refractivity contribution >= 4 is 43.1 Å². The molecule has 0 atom stereocenters. The number of aromatic nitrogens is 3. The third kappa shape index (κ3) is 4.33. The van der Waals surface area contributed by atoms with Crippen LogP contribution >= 0.6 is 0 Å². The van der Waals surface area contributed by atoms with Gasteiger partial charge in [0.2, 0.25) is 0 Å². The molecule has 1 heterocycles. The van der Waals surface area contributed by atoms with Gasteiger partial charge in [0.25, 0.3) is 0 Å². The van der Waals surface area contributed by atoms with Crippen LogP contribution in [0.2, 0.25) is 0 Å². The molecular weight excluding hydrogens is 558 g/mol. The first-order chi connectivity index (χ1) is 22.8. The standard InChI is InChI=1S/C43H27N3/c1-3-14-28(15-4-1)41-44-42(29-16-5-2-6-17-29)46-43(45-41)31-19-13-18-30(26-31)38-27-39-34-22-8-7-20-32(34)33-21-9-11-24-36(33)40(39)37-25-12-10-23-35(37)38/h1-27H. The predicted octanol–water partition coefficient (Wildman–Crippen LogP) is 11.2. The van der Waals surface area contributed by atoms with Gasteiger partial charge >= 0.3 is 0 Å². The fourth-order valence-corrected chi connectivity index (χ4v) is 6.77. The summed E-state index contributed by atoms with van der Waals surface area (Å²) in [5, 5.41) is 10.1. The number of hydrogen-bond donors (Lipinski definition) is 0. The Morgan fingerprint density at radius 2 is 0.652 bits per heavy atom. The highest BCUT2D eigenvalue weighted by Gasteiger charge is 2.17. The normalized spacial score (nSPS) is 11.5. The Hall–Kier alpha value is -6.19. The van der Waals surface area contributed by atoms with Crippen LogP contribution in [0.1, 0.15) is 0 Å². The van der Waals surface area contributed by atoms with Crippen molar-refractivity contribution in [3.05, 3.63) is 164 Å². The van der Waals surface area contributed by atoms with Gasteiger partial charge < -0.3 is 0 Å². The number of nitrogens with zero attached hydrogens (tertiary/aromatic N) is 3. The number of hydrogen-bond acceptors (Lipinski definition) is 3. The van der Waals surface area contributed by atoms with E-state index in [9.17, 15) is 0 Å². The quantitative estimate of drug-likeness (QED) is 0.193. The summed E-state index contributed by atoms with van der Waals surface area (Å²) in [5.74, 6) is 1.96. The fourth-order valence-electron chi connectivity index (χ4n) is 6.77. The van der Waals surface area contributed by atoms with Crippen LogP contribution in [0.15, 0.2) is 164 Å².